The maximum absolute atomic E-state index is 9.25. The summed E-state index contributed by atoms with van der Waals surface area (Å²) in [7, 11) is 0. The minimum atomic E-state index is 0.190. The summed E-state index contributed by atoms with van der Waals surface area (Å²) in [5.74, 6) is 5.97. The number of nitrogens with zero attached hydrogens (tertiary/aromatic N) is 4. The molecule has 272 valence electrons. The highest BCUT2D eigenvalue weighted by Crippen LogP contribution is 2.55. The SMILES string of the molecule is C=C1C[C@@H]2C[C@H](C)CC(c3ccc(-c4nc(-c5ccc(-c6ccc(C#N)cc6)cc5)nc(-c5ccc(C67C[C@H](C)C[C@H](C[C@H](C)C6)C7)cc5)n4)cc3)(C1)C2. The monoisotopic (exact) mass is 708 g/mol. The molecule has 0 saturated heterocycles. The lowest BCUT2D eigenvalue weighted by molar-refractivity contribution is 0.0780. The lowest BCUT2D eigenvalue weighted by Gasteiger charge is -2.50. The minimum Gasteiger partial charge on any atom is -0.208 e. The van der Waals surface area contributed by atoms with Gasteiger partial charge in [-0.3, -0.25) is 0 Å². The van der Waals surface area contributed by atoms with E-state index in [0.29, 0.717) is 23.0 Å². The molecule has 7 atom stereocenters. The van der Waals surface area contributed by atoms with Gasteiger partial charge in [0.2, 0.25) is 0 Å². The van der Waals surface area contributed by atoms with Crippen LogP contribution in [0.5, 0.6) is 0 Å². The molecule has 0 amide bonds. The summed E-state index contributed by atoms with van der Waals surface area (Å²) in [5.41, 5.74) is 10.6. The number of allylic oxidation sites excluding steroid dienone is 1. The van der Waals surface area contributed by atoms with Crippen LogP contribution in [0, 0.1) is 40.9 Å². The van der Waals surface area contributed by atoms with E-state index in [0.717, 1.165) is 63.8 Å². The maximum Gasteiger partial charge on any atom is 0.164 e. The first-order valence-electron chi connectivity index (χ1n) is 20.4. The second-order valence-corrected chi connectivity index (χ2v) is 18.2. The van der Waals surface area contributed by atoms with Gasteiger partial charge in [-0.1, -0.05) is 118 Å². The van der Waals surface area contributed by atoms with Gasteiger partial charge in [-0.2, -0.15) is 5.26 Å². The lowest BCUT2D eigenvalue weighted by atomic mass is 9.54. The van der Waals surface area contributed by atoms with Crippen molar-refractivity contribution in [3.05, 3.63) is 126 Å². The van der Waals surface area contributed by atoms with Gasteiger partial charge in [0.25, 0.3) is 0 Å². The van der Waals surface area contributed by atoms with Gasteiger partial charge in [0, 0.05) is 16.7 Å². The number of aromatic nitrogens is 3. The van der Waals surface area contributed by atoms with Gasteiger partial charge in [-0.25, -0.2) is 15.0 Å². The average Bonchev–Trinajstić information content (AvgIpc) is 3.17. The Balaban J connectivity index is 1.08. The Morgan fingerprint density at radius 1 is 0.519 bits per heavy atom. The van der Waals surface area contributed by atoms with Crippen LogP contribution in [0.4, 0.5) is 0 Å². The molecule has 5 aromatic rings. The normalized spacial score (nSPS) is 29.0. The van der Waals surface area contributed by atoms with Crippen molar-refractivity contribution in [2.45, 2.75) is 95.8 Å². The highest BCUT2D eigenvalue weighted by atomic mass is 15.0. The Morgan fingerprint density at radius 3 is 1.41 bits per heavy atom. The average molecular weight is 709 g/mol. The van der Waals surface area contributed by atoms with Crippen LogP contribution in [0.3, 0.4) is 0 Å². The van der Waals surface area contributed by atoms with Gasteiger partial charge in [-0.15, -0.1) is 0 Å². The number of nitriles is 1. The van der Waals surface area contributed by atoms with Crippen LogP contribution in [0.2, 0.25) is 0 Å². The van der Waals surface area contributed by atoms with E-state index in [4.69, 9.17) is 15.0 Å². The molecule has 0 aliphatic heterocycles. The Hall–Kier alpha value is -4.88. The molecule has 54 heavy (non-hydrogen) atoms. The van der Waals surface area contributed by atoms with Crippen molar-refractivity contribution >= 4 is 0 Å². The van der Waals surface area contributed by atoms with Crippen molar-refractivity contribution in [1.82, 2.24) is 15.0 Å². The van der Waals surface area contributed by atoms with Crippen LogP contribution >= 0.6 is 0 Å². The van der Waals surface area contributed by atoms with E-state index in [1.807, 2.05) is 24.3 Å². The Morgan fingerprint density at radius 2 is 0.907 bits per heavy atom. The molecule has 0 N–H and O–H groups in total. The molecule has 4 fully saturated rings. The standard InChI is InChI=1S/C50H52N4/c1-32-21-37-22-33(2)26-49(25-32,29-37)44-17-13-42(14-18-44)47-52-46(41-11-9-40(10-12-41)39-7-5-36(31-51)6-8-39)53-48(54-47)43-15-19-45(20-16-43)50-27-34(3)23-38(30-50)24-35(4)28-50/h5-20,33-35,37-38H,1,21-30H2,2-4H3/t33-,34-,35+,37+,38-,49?,50?/m0/s1. The topological polar surface area (TPSA) is 62.5 Å². The molecule has 1 heterocycles. The molecule has 2 unspecified atom stereocenters. The first-order chi connectivity index (χ1) is 26.2. The van der Waals surface area contributed by atoms with Crippen LogP contribution in [-0.4, -0.2) is 15.0 Å². The molecule has 4 bridgehead atoms. The fourth-order valence-corrected chi connectivity index (χ4v) is 12.0. The molecular weight excluding hydrogens is 657 g/mol. The van der Waals surface area contributed by atoms with E-state index < -0.39 is 0 Å². The van der Waals surface area contributed by atoms with Crippen LogP contribution in [-0.2, 0) is 10.8 Å². The summed E-state index contributed by atoms with van der Waals surface area (Å²) in [5, 5.41) is 9.25. The van der Waals surface area contributed by atoms with Crippen LogP contribution in [0.1, 0.15) is 102 Å². The molecule has 4 aliphatic rings. The fraction of sp³-hybridized carbons (Fsp3) is 0.400. The van der Waals surface area contributed by atoms with Crippen molar-refractivity contribution in [2.75, 3.05) is 0 Å². The number of rotatable bonds is 6. The molecular formula is C50H52N4. The van der Waals surface area contributed by atoms with Gasteiger partial charge < -0.3 is 0 Å². The molecule has 4 heteroatoms. The number of benzene rings is 4. The first-order valence-corrected chi connectivity index (χ1v) is 20.4. The number of hydrogen-bond acceptors (Lipinski definition) is 4. The van der Waals surface area contributed by atoms with E-state index in [9.17, 15) is 5.26 Å². The third kappa shape index (κ3) is 6.61. The maximum atomic E-state index is 9.25. The number of fused-ring (bicyclic) bond motifs is 4. The molecule has 0 radical (unpaired) electrons. The predicted octanol–water partition coefficient (Wildman–Crippen LogP) is 12.5. The molecule has 4 saturated carbocycles. The highest BCUT2D eigenvalue weighted by molar-refractivity contribution is 5.71. The summed E-state index contributed by atoms with van der Waals surface area (Å²) in [4.78, 5) is 15.4. The Bertz CT molecular complexity index is 2190. The smallest absolute Gasteiger partial charge is 0.164 e. The molecule has 4 nitrogen and oxygen atoms in total. The molecule has 9 rings (SSSR count). The van der Waals surface area contributed by atoms with Crippen molar-refractivity contribution in [3.63, 3.8) is 0 Å². The second kappa shape index (κ2) is 13.8. The Kier molecular flexibility index (Phi) is 8.88. The zero-order valence-corrected chi connectivity index (χ0v) is 32.2. The largest absolute Gasteiger partial charge is 0.208 e. The van der Waals surface area contributed by atoms with Crippen molar-refractivity contribution in [1.29, 1.82) is 5.26 Å². The summed E-state index contributed by atoms with van der Waals surface area (Å²) in [6.07, 6.45) is 12.8. The summed E-state index contributed by atoms with van der Waals surface area (Å²) < 4.78 is 0. The fourth-order valence-electron chi connectivity index (χ4n) is 12.0. The molecule has 0 spiro atoms. The van der Waals surface area contributed by atoms with Crippen LogP contribution in [0.15, 0.2) is 109 Å². The van der Waals surface area contributed by atoms with E-state index in [2.05, 4.69) is 106 Å². The summed E-state index contributed by atoms with van der Waals surface area (Å²) >= 11 is 0. The van der Waals surface area contributed by atoms with Crippen molar-refractivity contribution < 1.29 is 0 Å². The predicted molar refractivity (Wildman–Crippen MR) is 219 cm³/mol. The Labute approximate surface area is 321 Å². The number of hydrogen-bond donors (Lipinski definition) is 0. The molecule has 4 aliphatic carbocycles. The zero-order valence-electron chi connectivity index (χ0n) is 32.2. The minimum absolute atomic E-state index is 0.190. The van der Waals surface area contributed by atoms with Crippen molar-refractivity contribution in [2.24, 2.45) is 29.6 Å². The van der Waals surface area contributed by atoms with Gasteiger partial charge in [-0.05, 0) is 139 Å². The van der Waals surface area contributed by atoms with E-state index in [-0.39, 0.29) is 10.8 Å². The van der Waals surface area contributed by atoms with E-state index in [1.54, 1.807) is 0 Å². The molecule has 4 aromatic carbocycles. The van der Waals surface area contributed by atoms with E-state index >= 15 is 0 Å². The van der Waals surface area contributed by atoms with Gasteiger partial charge >= 0.3 is 0 Å². The van der Waals surface area contributed by atoms with Crippen LogP contribution < -0.4 is 0 Å². The van der Waals surface area contributed by atoms with Crippen LogP contribution in [0.25, 0.3) is 45.3 Å². The van der Waals surface area contributed by atoms with Gasteiger partial charge in [0.15, 0.2) is 17.5 Å². The molecule has 1 aromatic heterocycles. The van der Waals surface area contributed by atoms with E-state index in [1.165, 1.54) is 74.5 Å². The first kappa shape index (κ1) is 34.9. The van der Waals surface area contributed by atoms with Crippen molar-refractivity contribution in [3.8, 4) is 51.4 Å². The third-order valence-electron chi connectivity index (χ3n) is 13.6. The quantitative estimate of drug-likeness (QED) is 0.165. The lowest BCUT2D eigenvalue weighted by Crippen LogP contribution is -2.42. The second-order valence-electron chi connectivity index (χ2n) is 18.2. The highest BCUT2D eigenvalue weighted by Gasteiger charge is 2.46. The zero-order chi connectivity index (χ0) is 37.0. The summed E-state index contributed by atoms with van der Waals surface area (Å²) in [6.45, 7) is 11.8. The third-order valence-corrected chi connectivity index (χ3v) is 13.6. The van der Waals surface area contributed by atoms with Gasteiger partial charge in [0.1, 0.15) is 0 Å². The van der Waals surface area contributed by atoms with Gasteiger partial charge in [0.05, 0.1) is 11.6 Å². The summed E-state index contributed by atoms with van der Waals surface area (Å²) in [6, 6.07) is 36.8.